The quantitative estimate of drug-likeness (QED) is 0.520. The maximum Gasteiger partial charge on any atom is 0.223 e. The molecule has 0 spiro atoms. The van der Waals surface area contributed by atoms with Gasteiger partial charge in [-0.05, 0) is 50.1 Å². The van der Waals surface area contributed by atoms with Gasteiger partial charge in [-0.2, -0.15) is 0 Å². The first-order valence-electron chi connectivity index (χ1n) is 11.0. The van der Waals surface area contributed by atoms with E-state index in [1.54, 1.807) is 24.4 Å². The van der Waals surface area contributed by atoms with E-state index in [0.717, 1.165) is 25.0 Å². The lowest BCUT2D eigenvalue weighted by Gasteiger charge is -2.33. The number of H-pyrrole nitrogens is 1. The smallest absolute Gasteiger partial charge is 0.223 e. The number of anilines is 1. The second-order valence-electron chi connectivity index (χ2n) is 8.74. The first-order chi connectivity index (χ1) is 16.0. The molecule has 4 N–H and O–H groups in total. The van der Waals surface area contributed by atoms with Crippen LogP contribution in [0.1, 0.15) is 31.9 Å². The van der Waals surface area contributed by atoms with Crippen molar-refractivity contribution in [1.29, 1.82) is 0 Å². The summed E-state index contributed by atoms with van der Waals surface area (Å²) < 4.78 is 30.8. The number of halogens is 1. The normalized spacial score (nSPS) is 25.3. The van der Waals surface area contributed by atoms with E-state index < -0.39 is 11.8 Å². The van der Waals surface area contributed by atoms with Gasteiger partial charge in [0, 0.05) is 24.9 Å². The fourth-order valence-electron chi connectivity index (χ4n) is 3.88. The Balaban J connectivity index is 1.45. The van der Waals surface area contributed by atoms with Gasteiger partial charge in [-0.3, -0.25) is 0 Å². The first kappa shape index (κ1) is 21.9. The molecule has 0 aliphatic carbocycles. The molecule has 1 aromatic carbocycles. The fraction of sp³-hybridized carbons (Fsp3) is 0.435. The zero-order valence-electron chi connectivity index (χ0n) is 18.4. The zero-order valence-corrected chi connectivity index (χ0v) is 18.4. The summed E-state index contributed by atoms with van der Waals surface area (Å²) in [6.45, 7) is 3.98. The summed E-state index contributed by atoms with van der Waals surface area (Å²) >= 11 is 0. The largest absolute Gasteiger partial charge is 0.376 e. The lowest BCUT2D eigenvalue weighted by molar-refractivity contribution is -0.211. The summed E-state index contributed by atoms with van der Waals surface area (Å²) in [5.41, 5.74) is 8.18. The van der Waals surface area contributed by atoms with Crippen LogP contribution in [0.25, 0.3) is 22.6 Å². The van der Waals surface area contributed by atoms with Crippen LogP contribution in [0.3, 0.4) is 0 Å². The molecular weight excluding hydrogens is 427 g/mol. The molecule has 2 fully saturated rings. The average molecular weight is 455 g/mol. The third-order valence-electron chi connectivity index (χ3n) is 5.62. The number of rotatable bonds is 6. The van der Waals surface area contributed by atoms with Gasteiger partial charge < -0.3 is 30.2 Å². The summed E-state index contributed by atoms with van der Waals surface area (Å²) in [4.78, 5) is 17.0. The molecule has 5 rings (SSSR count). The zero-order chi connectivity index (χ0) is 22.8. The SMILES string of the molecule is CC1(N)COC(c2nc(-c3ccc(F)cc3)c(-c3ccnc(NCC4CCCO4)n3)[nH]2)OC1. The Labute approximate surface area is 190 Å². The number of hydrogen-bond donors (Lipinski definition) is 3. The van der Waals surface area contributed by atoms with E-state index in [0.29, 0.717) is 48.6 Å². The average Bonchev–Trinajstić information content (AvgIpc) is 3.49. The highest BCUT2D eigenvalue weighted by Crippen LogP contribution is 2.33. The number of nitrogens with zero attached hydrogens (tertiary/aromatic N) is 3. The van der Waals surface area contributed by atoms with Gasteiger partial charge in [0.15, 0.2) is 5.82 Å². The third kappa shape index (κ3) is 5.03. The van der Waals surface area contributed by atoms with Crippen molar-refractivity contribution in [1.82, 2.24) is 19.9 Å². The summed E-state index contributed by atoms with van der Waals surface area (Å²) in [5.74, 6) is 0.667. The minimum Gasteiger partial charge on any atom is -0.376 e. The Hall–Kier alpha value is -2.92. The molecular formula is C23H27FN6O3. The number of nitrogens with two attached hydrogens (primary N) is 1. The van der Waals surface area contributed by atoms with Crippen molar-refractivity contribution in [3.63, 3.8) is 0 Å². The van der Waals surface area contributed by atoms with Crippen LogP contribution < -0.4 is 11.1 Å². The lowest BCUT2D eigenvalue weighted by atomic mass is 10.1. The van der Waals surface area contributed by atoms with Crippen molar-refractivity contribution in [3.8, 4) is 22.6 Å². The van der Waals surface area contributed by atoms with E-state index in [4.69, 9.17) is 24.9 Å². The minimum absolute atomic E-state index is 0.166. The van der Waals surface area contributed by atoms with Crippen molar-refractivity contribution in [3.05, 3.63) is 48.2 Å². The molecule has 3 aromatic rings. The van der Waals surface area contributed by atoms with E-state index in [-0.39, 0.29) is 11.9 Å². The Morgan fingerprint density at radius 2 is 1.94 bits per heavy atom. The number of aromatic amines is 1. The Morgan fingerprint density at radius 3 is 2.67 bits per heavy atom. The maximum atomic E-state index is 13.5. The predicted molar refractivity (Wildman–Crippen MR) is 120 cm³/mol. The van der Waals surface area contributed by atoms with Crippen molar-refractivity contribution in [2.24, 2.45) is 5.73 Å². The number of nitrogens with one attached hydrogen (secondary N) is 2. The summed E-state index contributed by atoms with van der Waals surface area (Å²) in [5, 5.41) is 3.25. The van der Waals surface area contributed by atoms with Crippen LogP contribution in [0.2, 0.25) is 0 Å². The summed E-state index contributed by atoms with van der Waals surface area (Å²) in [7, 11) is 0. The highest BCUT2D eigenvalue weighted by Gasteiger charge is 2.32. The summed E-state index contributed by atoms with van der Waals surface area (Å²) in [6, 6.07) is 7.94. The number of benzene rings is 1. The predicted octanol–water partition coefficient (Wildman–Crippen LogP) is 3.03. The topological polar surface area (TPSA) is 120 Å². The van der Waals surface area contributed by atoms with Crippen molar-refractivity contribution in [2.75, 3.05) is 31.7 Å². The van der Waals surface area contributed by atoms with E-state index >= 15 is 0 Å². The molecule has 1 unspecified atom stereocenters. The molecule has 0 amide bonds. The maximum absolute atomic E-state index is 13.5. The summed E-state index contributed by atoms with van der Waals surface area (Å²) in [6.07, 6.45) is 3.25. The van der Waals surface area contributed by atoms with Crippen molar-refractivity contribution < 1.29 is 18.6 Å². The van der Waals surface area contributed by atoms with Gasteiger partial charge in [0.05, 0.1) is 41.9 Å². The Bertz CT molecular complexity index is 1090. The first-order valence-corrected chi connectivity index (χ1v) is 11.0. The molecule has 2 aliphatic rings. The van der Waals surface area contributed by atoms with Crippen LogP contribution in [0.5, 0.6) is 0 Å². The Morgan fingerprint density at radius 1 is 1.15 bits per heavy atom. The minimum atomic E-state index is -0.687. The molecule has 2 aliphatic heterocycles. The van der Waals surface area contributed by atoms with Crippen LogP contribution in [-0.2, 0) is 14.2 Å². The van der Waals surface area contributed by atoms with Gasteiger partial charge in [0.2, 0.25) is 12.2 Å². The van der Waals surface area contributed by atoms with Gasteiger partial charge in [-0.15, -0.1) is 0 Å². The molecule has 0 radical (unpaired) electrons. The van der Waals surface area contributed by atoms with Crippen LogP contribution in [0, 0.1) is 5.82 Å². The molecule has 0 bridgehead atoms. The van der Waals surface area contributed by atoms with E-state index in [1.807, 2.05) is 6.92 Å². The molecule has 10 heteroatoms. The molecule has 33 heavy (non-hydrogen) atoms. The van der Waals surface area contributed by atoms with Crippen LogP contribution >= 0.6 is 0 Å². The number of ether oxygens (including phenoxy) is 3. The second-order valence-corrected chi connectivity index (χ2v) is 8.74. The van der Waals surface area contributed by atoms with E-state index in [9.17, 15) is 4.39 Å². The molecule has 4 heterocycles. The van der Waals surface area contributed by atoms with Crippen LogP contribution in [0.4, 0.5) is 10.3 Å². The van der Waals surface area contributed by atoms with Crippen molar-refractivity contribution in [2.45, 2.75) is 37.7 Å². The van der Waals surface area contributed by atoms with Gasteiger partial charge in [-0.1, -0.05) is 0 Å². The molecule has 2 saturated heterocycles. The standard InChI is InChI=1S/C23H27FN6O3/c1-23(25)12-32-21(33-13-23)20-29-18(14-4-6-15(24)7-5-14)19(30-20)17-8-9-26-22(28-17)27-11-16-3-2-10-31-16/h4-9,16,21H,2-3,10-13,25H2,1H3,(H,29,30)(H,26,27,28). The molecule has 0 saturated carbocycles. The molecule has 2 aromatic heterocycles. The van der Waals surface area contributed by atoms with Crippen LogP contribution in [0.15, 0.2) is 36.5 Å². The monoisotopic (exact) mass is 454 g/mol. The highest BCUT2D eigenvalue weighted by molar-refractivity contribution is 5.77. The van der Waals surface area contributed by atoms with E-state index in [2.05, 4.69) is 20.3 Å². The fourth-order valence-corrected chi connectivity index (χ4v) is 3.88. The van der Waals surface area contributed by atoms with Gasteiger partial charge >= 0.3 is 0 Å². The van der Waals surface area contributed by atoms with Crippen LogP contribution in [-0.4, -0.2) is 57.9 Å². The highest BCUT2D eigenvalue weighted by atomic mass is 19.1. The van der Waals surface area contributed by atoms with E-state index in [1.165, 1.54) is 12.1 Å². The number of hydrogen-bond acceptors (Lipinski definition) is 8. The molecule has 1 atom stereocenters. The lowest BCUT2D eigenvalue weighted by Crippen LogP contribution is -2.50. The molecule has 9 nitrogen and oxygen atoms in total. The molecule has 174 valence electrons. The van der Waals surface area contributed by atoms with Crippen molar-refractivity contribution >= 4 is 5.95 Å². The van der Waals surface area contributed by atoms with Gasteiger partial charge in [0.25, 0.3) is 0 Å². The second kappa shape index (κ2) is 9.14. The number of aromatic nitrogens is 4. The third-order valence-corrected chi connectivity index (χ3v) is 5.62. The van der Waals surface area contributed by atoms with Gasteiger partial charge in [0.1, 0.15) is 5.82 Å². The van der Waals surface area contributed by atoms with Gasteiger partial charge in [-0.25, -0.2) is 19.3 Å². The number of imidazole rings is 1. The Kier molecular flexibility index (Phi) is 6.07.